The Hall–Kier alpha value is -0.830. The first kappa shape index (κ1) is 11.2. The highest BCUT2D eigenvalue weighted by molar-refractivity contribution is 6.31. The lowest BCUT2D eigenvalue weighted by atomic mass is 10.0. The average Bonchev–Trinajstić information content (AvgIpc) is 2.11. The van der Waals surface area contributed by atoms with Gasteiger partial charge >= 0.3 is 0 Å². The third kappa shape index (κ3) is 2.35. The van der Waals surface area contributed by atoms with Gasteiger partial charge in [0.05, 0.1) is 6.04 Å². The van der Waals surface area contributed by atoms with Crippen molar-refractivity contribution in [2.75, 3.05) is 0 Å². The van der Waals surface area contributed by atoms with Crippen molar-refractivity contribution in [2.45, 2.75) is 19.9 Å². The molecule has 1 atom stereocenters. The summed E-state index contributed by atoms with van der Waals surface area (Å²) in [6, 6.07) is 5.86. The van der Waals surface area contributed by atoms with Crippen LogP contribution < -0.4 is 11.3 Å². The quantitative estimate of drug-likeness (QED) is 0.458. The summed E-state index contributed by atoms with van der Waals surface area (Å²) in [5, 5.41) is 0.754. The fourth-order valence-corrected chi connectivity index (χ4v) is 1.50. The van der Waals surface area contributed by atoms with E-state index in [1.165, 1.54) is 0 Å². The molecule has 1 unspecified atom stereocenters. The van der Waals surface area contributed by atoms with Crippen LogP contribution in [0.4, 0.5) is 0 Å². The first-order chi connectivity index (χ1) is 6.56. The first-order valence-electron chi connectivity index (χ1n) is 4.44. The number of aryl methyl sites for hydroxylation is 1. The van der Waals surface area contributed by atoms with E-state index in [-0.39, 0.29) is 6.04 Å². The number of rotatable bonds is 3. The molecule has 0 aliphatic heterocycles. The highest BCUT2D eigenvalue weighted by atomic mass is 35.5. The van der Waals surface area contributed by atoms with Gasteiger partial charge in [0.25, 0.3) is 0 Å². The lowest BCUT2D eigenvalue weighted by Crippen LogP contribution is -2.28. The summed E-state index contributed by atoms with van der Waals surface area (Å²) in [6.45, 7) is 7.77. The molecule has 1 rings (SSSR count). The highest BCUT2D eigenvalue weighted by Crippen LogP contribution is 2.24. The van der Waals surface area contributed by atoms with Crippen LogP contribution in [0.5, 0.6) is 0 Å². The maximum Gasteiger partial charge on any atom is 0.0665 e. The standard InChI is InChI=1S/C11H15ClN2/c1-7(2)11(14-13)9-5-4-8(3)10(12)6-9/h4-6,11,14H,1,13H2,2-3H3. The van der Waals surface area contributed by atoms with Crippen LogP contribution >= 0.6 is 11.6 Å². The molecule has 0 radical (unpaired) electrons. The third-order valence-corrected chi connectivity index (χ3v) is 2.60. The number of nitrogens with two attached hydrogens (primary N) is 1. The molecule has 2 nitrogen and oxygen atoms in total. The molecule has 3 heteroatoms. The molecular weight excluding hydrogens is 196 g/mol. The summed E-state index contributed by atoms with van der Waals surface area (Å²) < 4.78 is 0. The molecule has 76 valence electrons. The van der Waals surface area contributed by atoms with Gasteiger partial charge in [-0.15, -0.1) is 0 Å². The molecule has 0 bridgehead atoms. The van der Waals surface area contributed by atoms with Gasteiger partial charge in [0.2, 0.25) is 0 Å². The van der Waals surface area contributed by atoms with E-state index >= 15 is 0 Å². The SMILES string of the molecule is C=C(C)C(NN)c1ccc(C)c(Cl)c1. The molecule has 0 spiro atoms. The summed E-state index contributed by atoms with van der Waals surface area (Å²) in [5.41, 5.74) is 5.77. The Labute approximate surface area is 89.7 Å². The molecule has 1 aromatic rings. The molecule has 0 aromatic heterocycles. The predicted molar refractivity (Wildman–Crippen MR) is 61.1 cm³/mol. The molecule has 0 saturated carbocycles. The van der Waals surface area contributed by atoms with Crippen LogP contribution in [0.1, 0.15) is 24.1 Å². The minimum atomic E-state index is -0.0342. The number of hydrogen-bond donors (Lipinski definition) is 2. The zero-order chi connectivity index (χ0) is 10.7. The van der Waals surface area contributed by atoms with E-state index in [1.54, 1.807) is 0 Å². The largest absolute Gasteiger partial charge is 0.271 e. The van der Waals surface area contributed by atoms with Gasteiger partial charge in [0.15, 0.2) is 0 Å². The van der Waals surface area contributed by atoms with E-state index < -0.39 is 0 Å². The van der Waals surface area contributed by atoms with Gasteiger partial charge in [0, 0.05) is 5.02 Å². The molecular formula is C11H15ClN2. The zero-order valence-corrected chi connectivity index (χ0v) is 9.23. The van der Waals surface area contributed by atoms with E-state index in [2.05, 4.69) is 12.0 Å². The summed E-state index contributed by atoms with van der Waals surface area (Å²) in [6.07, 6.45) is 0. The van der Waals surface area contributed by atoms with Gasteiger partial charge in [0.1, 0.15) is 0 Å². The highest BCUT2D eigenvalue weighted by Gasteiger charge is 2.10. The van der Waals surface area contributed by atoms with E-state index in [1.807, 2.05) is 32.0 Å². The predicted octanol–water partition coefficient (Wildman–Crippen LogP) is 2.73. The van der Waals surface area contributed by atoms with Crippen LogP contribution in [-0.2, 0) is 0 Å². The van der Waals surface area contributed by atoms with Gasteiger partial charge in [-0.05, 0) is 31.0 Å². The Kier molecular flexibility index (Phi) is 3.69. The lowest BCUT2D eigenvalue weighted by molar-refractivity contribution is 0.627. The van der Waals surface area contributed by atoms with Crippen LogP contribution in [0.3, 0.4) is 0 Å². The van der Waals surface area contributed by atoms with Gasteiger partial charge < -0.3 is 0 Å². The second-order valence-corrected chi connectivity index (χ2v) is 3.86. The zero-order valence-electron chi connectivity index (χ0n) is 8.47. The molecule has 0 saturated heterocycles. The summed E-state index contributed by atoms with van der Waals surface area (Å²) in [7, 11) is 0. The fourth-order valence-electron chi connectivity index (χ4n) is 1.31. The number of benzene rings is 1. The minimum absolute atomic E-state index is 0.0342. The topological polar surface area (TPSA) is 38.0 Å². The number of nitrogens with one attached hydrogen (secondary N) is 1. The van der Waals surface area contributed by atoms with Crippen molar-refractivity contribution in [2.24, 2.45) is 5.84 Å². The number of halogens is 1. The second kappa shape index (κ2) is 4.60. The van der Waals surface area contributed by atoms with Gasteiger partial charge in [-0.3, -0.25) is 5.84 Å². The maximum atomic E-state index is 6.02. The molecule has 0 amide bonds. The molecule has 0 heterocycles. The molecule has 3 N–H and O–H groups in total. The van der Waals surface area contributed by atoms with Crippen LogP contribution in [0, 0.1) is 6.92 Å². The molecule has 1 aromatic carbocycles. The van der Waals surface area contributed by atoms with Crippen molar-refractivity contribution in [1.82, 2.24) is 5.43 Å². The van der Waals surface area contributed by atoms with Crippen LogP contribution in [0.25, 0.3) is 0 Å². The third-order valence-electron chi connectivity index (χ3n) is 2.19. The van der Waals surface area contributed by atoms with Crippen molar-refractivity contribution in [3.05, 3.63) is 46.5 Å². The number of hydrogen-bond acceptors (Lipinski definition) is 2. The van der Waals surface area contributed by atoms with Crippen molar-refractivity contribution in [1.29, 1.82) is 0 Å². The Morgan fingerprint density at radius 3 is 2.64 bits per heavy atom. The van der Waals surface area contributed by atoms with Crippen molar-refractivity contribution < 1.29 is 0 Å². The van der Waals surface area contributed by atoms with E-state index in [4.69, 9.17) is 17.4 Å². The van der Waals surface area contributed by atoms with Gasteiger partial charge in [-0.2, -0.15) is 0 Å². The molecule has 0 fully saturated rings. The van der Waals surface area contributed by atoms with Gasteiger partial charge in [-0.1, -0.05) is 35.9 Å². The minimum Gasteiger partial charge on any atom is -0.271 e. The Bertz CT molecular complexity index is 347. The first-order valence-corrected chi connectivity index (χ1v) is 4.81. The summed E-state index contributed by atoms with van der Waals surface area (Å²) in [5.74, 6) is 5.44. The van der Waals surface area contributed by atoms with Gasteiger partial charge in [-0.25, -0.2) is 5.43 Å². The second-order valence-electron chi connectivity index (χ2n) is 3.45. The molecule has 0 aliphatic rings. The van der Waals surface area contributed by atoms with E-state index in [9.17, 15) is 0 Å². The number of hydrazine groups is 1. The smallest absolute Gasteiger partial charge is 0.0665 e. The fraction of sp³-hybridized carbons (Fsp3) is 0.273. The molecule has 0 aliphatic carbocycles. The van der Waals surface area contributed by atoms with Crippen LogP contribution in [0.2, 0.25) is 5.02 Å². The lowest BCUT2D eigenvalue weighted by Gasteiger charge is -2.16. The Balaban J connectivity index is 3.06. The summed E-state index contributed by atoms with van der Waals surface area (Å²) >= 11 is 6.02. The van der Waals surface area contributed by atoms with Crippen molar-refractivity contribution in [3.8, 4) is 0 Å². The van der Waals surface area contributed by atoms with Crippen LogP contribution in [0.15, 0.2) is 30.4 Å². The maximum absolute atomic E-state index is 6.02. The average molecular weight is 211 g/mol. The van der Waals surface area contributed by atoms with E-state index in [0.29, 0.717) is 0 Å². The summed E-state index contributed by atoms with van der Waals surface area (Å²) in [4.78, 5) is 0. The Morgan fingerprint density at radius 2 is 2.21 bits per heavy atom. The van der Waals surface area contributed by atoms with Crippen molar-refractivity contribution >= 4 is 11.6 Å². The Morgan fingerprint density at radius 1 is 1.57 bits per heavy atom. The van der Waals surface area contributed by atoms with E-state index in [0.717, 1.165) is 21.7 Å². The molecule has 14 heavy (non-hydrogen) atoms. The van der Waals surface area contributed by atoms with Crippen molar-refractivity contribution in [3.63, 3.8) is 0 Å². The monoisotopic (exact) mass is 210 g/mol. The van der Waals surface area contributed by atoms with Crippen LogP contribution in [-0.4, -0.2) is 0 Å². The normalized spacial score (nSPS) is 12.6.